The molecule has 3 rings (SSSR count). The first-order chi connectivity index (χ1) is 10.2. The maximum atomic E-state index is 11.0. The van der Waals surface area contributed by atoms with E-state index in [2.05, 4.69) is 41.3 Å². The Morgan fingerprint density at radius 2 is 1.62 bits per heavy atom. The quantitative estimate of drug-likeness (QED) is 0.933. The van der Waals surface area contributed by atoms with Crippen LogP contribution in [-0.4, -0.2) is 24.2 Å². The second-order valence-corrected chi connectivity index (χ2v) is 5.52. The van der Waals surface area contributed by atoms with Gasteiger partial charge in [-0.05, 0) is 36.1 Å². The minimum atomic E-state index is -0.660. The summed E-state index contributed by atoms with van der Waals surface area (Å²) >= 11 is 0. The van der Waals surface area contributed by atoms with Gasteiger partial charge >= 0.3 is 5.97 Å². The summed E-state index contributed by atoms with van der Waals surface area (Å²) in [6.07, 6.45) is 1.45. The van der Waals surface area contributed by atoms with Gasteiger partial charge in [0.25, 0.3) is 0 Å². The summed E-state index contributed by atoms with van der Waals surface area (Å²) < 4.78 is 0. The lowest BCUT2D eigenvalue weighted by atomic mass is 9.96. The molecule has 0 spiro atoms. The van der Waals surface area contributed by atoms with Crippen LogP contribution in [0, 0.1) is 5.92 Å². The summed E-state index contributed by atoms with van der Waals surface area (Å²) in [7, 11) is 0. The molecule has 0 atom stereocenters. The Morgan fingerprint density at radius 3 is 2.29 bits per heavy atom. The summed E-state index contributed by atoms with van der Waals surface area (Å²) in [6, 6.07) is 18.8. The van der Waals surface area contributed by atoms with Gasteiger partial charge in [-0.25, -0.2) is 0 Å². The van der Waals surface area contributed by atoms with Crippen LogP contribution in [0.5, 0.6) is 0 Å². The zero-order valence-electron chi connectivity index (χ0n) is 11.9. The molecule has 3 heteroatoms. The highest BCUT2D eigenvalue weighted by Gasteiger charge is 2.24. The van der Waals surface area contributed by atoms with Crippen molar-refractivity contribution in [2.75, 3.05) is 18.0 Å². The minimum absolute atomic E-state index is 0.182. The number of carboxylic acids is 1. The van der Waals surface area contributed by atoms with Crippen LogP contribution in [0.1, 0.15) is 12.8 Å². The number of hydrogen-bond acceptors (Lipinski definition) is 2. The molecule has 0 aromatic heterocycles. The SMILES string of the molecule is O=C(O)C1CCN(c2cccc(-c3ccccc3)c2)CC1. The van der Waals surface area contributed by atoms with Gasteiger partial charge < -0.3 is 10.0 Å². The van der Waals surface area contributed by atoms with Gasteiger partial charge in [0.15, 0.2) is 0 Å². The number of rotatable bonds is 3. The number of hydrogen-bond donors (Lipinski definition) is 1. The molecule has 108 valence electrons. The van der Waals surface area contributed by atoms with Crippen LogP contribution in [0.2, 0.25) is 0 Å². The first kappa shape index (κ1) is 13.7. The molecule has 1 fully saturated rings. The van der Waals surface area contributed by atoms with Gasteiger partial charge in [-0.15, -0.1) is 0 Å². The average molecular weight is 281 g/mol. The fourth-order valence-electron chi connectivity index (χ4n) is 2.90. The molecule has 3 nitrogen and oxygen atoms in total. The molecule has 0 amide bonds. The van der Waals surface area contributed by atoms with Gasteiger partial charge in [0.2, 0.25) is 0 Å². The standard InChI is InChI=1S/C18H19NO2/c20-18(21)15-9-11-19(12-10-15)17-8-4-7-16(13-17)14-5-2-1-3-6-14/h1-8,13,15H,9-12H2,(H,20,21). The van der Waals surface area contributed by atoms with E-state index >= 15 is 0 Å². The number of carboxylic acid groups (broad SMARTS) is 1. The van der Waals surface area contributed by atoms with E-state index in [1.165, 1.54) is 16.8 Å². The largest absolute Gasteiger partial charge is 0.481 e. The molecular formula is C18H19NO2. The third-order valence-corrected chi connectivity index (χ3v) is 4.16. The van der Waals surface area contributed by atoms with Crippen molar-refractivity contribution in [1.29, 1.82) is 0 Å². The predicted octanol–water partition coefficient (Wildman–Crippen LogP) is 3.65. The van der Waals surface area contributed by atoms with E-state index in [0.29, 0.717) is 0 Å². The first-order valence-electron chi connectivity index (χ1n) is 7.37. The average Bonchev–Trinajstić information content (AvgIpc) is 2.56. The van der Waals surface area contributed by atoms with Crippen LogP contribution in [0.3, 0.4) is 0 Å². The highest BCUT2D eigenvalue weighted by atomic mass is 16.4. The third-order valence-electron chi connectivity index (χ3n) is 4.16. The zero-order chi connectivity index (χ0) is 14.7. The van der Waals surface area contributed by atoms with E-state index in [1.54, 1.807) is 0 Å². The molecule has 1 heterocycles. The van der Waals surface area contributed by atoms with Crippen LogP contribution in [0.25, 0.3) is 11.1 Å². The maximum absolute atomic E-state index is 11.0. The Balaban J connectivity index is 1.77. The molecule has 2 aromatic carbocycles. The Kier molecular flexibility index (Phi) is 3.91. The molecule has 0 aliphatic carbocycles. The summed E-state index contributed by atoms with van der Waals surface area (Å²) in [6.45, 7) is 1.63. The highest BCUT2D eigenvalue weighted by molar-refractivity contribution is 5.71. The molecule has 1 aliphatic rings. The number of anilines is 1. The lowest BCUT2D eigenvalue weighted by Crippen LogP contribution is -2.36. The maximum Gasteiger partial charge on any atom is 0.306 e. The van der Waals surface area contributed by atoms with Gasteiger partial charge in [-0.3, -0.25) is 4.79 Å². The van der Waals surface area contributed by atoms with Crippen LogP contribution in [0.15, 0.2) is 54.6 Å². The lowest BCUT2D eigenvalue weighted by molar-refractivity contribution is -0.142. The van der Waals surface area contributed by atoms with E-state index in [0.717, 1.165) is 25.9 Å². The van der Waals surface area contributed by atoms with Gasteiger partial charge in [0, 0.05) is 18.8 Å². The van der Waals surface area contributed by atoms with E-state index < -0.39 is 5.97 Å². The van der Waals surface area contributed by atoms with Crippen LogP contribution in [-0.2, 0) is 4.79 Å². The highest BCUT2D eigenvalue weighted by Crippen LogP contribution is 2.27. The van der Waals surface area contributed by atoms with Crippen molar-refractivity contribution in [1.82, 2.24) is 0 Å². The number of aliphatic carboxylic acids is 1. The van der Waals surface area contributed by atoms with Crippen molar-refractivity contribution in [3.05, 3.63) is 54.6 Å². The molecule has 0 saturated carbocycles. The zero-order valence-corrected chi connectivity index (χ0v) is 11.9. The third kappa shape index (κ3) is 3.07. The summed E-state index contributed by atoms with van der Waals surface area (Å²) in [5.74, 6) is -0.841. The molecule has 1 N–H and O–H groups in total. The normalized spacial score (nSPS) is 15.9. The molecule has 0 unspecified atom stereocenters. The number of carbonyl (C=O) groups is 1. The Hall–Kier alpha value is -2.29. The van der Waals surface area contributed by atoms with Crippen molar-refractivity contribution < 1.29 is 9.90 Å². The second-order valence-electron chi connectivity index (χ2n) is 5.52. The van der Waals surface area contributed by atoms with Crippen molar-refractivity contribution in [2.24, 2.45) is 5.92 Å². The van der Waals surface area contributed by atoms with Gasteiger partial charge in [-0.2, -0.15) is 0 Å². The van der Waals surface area contributed by atoms with Crippen molar-refractivity contribution in [3.8, 4) is 11.1 Å². The topological polar surface area (TPSA) is 40.5 Å². The first-order valence-corrected chi connectivity index (χ1v) is 7.37. The van der Waals surface area contributed by atoms with Crippen molar-refractivity contribution in [2.45, 2.75) is 12.8 Å². The monoisotopic (exact) mass is 281 g/mol. The van der Waals surface area contributed by atoms with Crippen LogP contribution in [0.4, 0.5) is 5.69 Å². The number of nitrogens with zero attached hydrogens (tertiary/aromatic N) is 1. The van der Waals surface area contributed by atoms with Crippen molar-refractivity contribution >= 4 is 11.7 Å². The Labute approximate surface area is 124 Å². The van der Waals surface area contributed by atoms with Gasteiger partial charge in [-0.1, -0.05) is 42.5 Å². The fraction of sp³-hybridized carbons (Fsp3) is 0.278. The van der Waals surface area contributed by atoms with E-state index in [9.17, 15) is 4.79 Å². The molecule has 2 aromatic rings. The molecular weight excluding hydrogens is 262 g/mol. The molecule has 1 aliphatic heterocycles. The van der Waals surface area contributed by atoms with Gasteiger partial charge in [0.05, 0.1) is 5.92 Å². The molecule has 1 saturated heterocycles. The minimum Gasteiger partial charge on any atom is -0.481 e. The second kappa shape index (κ2) is 6.00. The van der Waals surface area contributed by atoms with E-state index in [4.69, 9.17) is 5.11 Å². The van der Waals surface area contributed by atoms with Crippen LogP contribution < -0.4 is 4.90 Å². The molecule has 0 radical (unpaired) electrons. The van der Waals surface area contributed by atoms with Crippen molar-refractivity contribution in [3.63, 3.8) is 0 Å². The van der Waals surface area contributed by atoms with E-state index in [1.807, 2.05) is 18.2 Å². The smallest absolute Gasteiger partial charge is 0.306 e. The predicted molar refractivity (Wildman–Crippen MR) is 84.5 cm³/mol. The Bertz CT molecular complexity index is 616. The summed E-state index contributed by atoms with van der Waals surface area (Å²) in [5, 5.41) is 9.07. The summed E-state index contributed by atoms with van der Waals surface area (Å²) in [5.41, 5.74) is 3.59. The van der Waals surface area contributed by atoms with E-state index in [-0.39, 0.29) is 5.92 Å². The number of benzene rings is 2. The Morgan fingerprint density at radius 1 is 0.952 bits per heavy atom. The van der Waals surface area contributed by atoms with Gasteiger partial charge in [0.1, 0.15) is 0 Å². The summed E-state index contributed by atoms with van der Waals surface area (Å²) in [4.78, 5) is 13.3. The fourth-order valence-corrected chi connectivity index (χ4v) is 2.90. The lowest BCUT2D eigenvalue weighted by Gasteiger charge is -2.32. The molecule has 0 bridgehead atoms. The molecule has 21 heavy (non-hydrogen) atoms. The van der Waals surface area contributed by atoms with Crippen LogP contribution >= 0.6 is 0 Å². The number of piperidine rings is 1.